The Kier molecular flexibility index (Phi) is 6.52. The third kappa shape index (κ3) is 4.72. The minimum Gasteiger partial charge on any atom is -0.491 e. The second-order valence-corrected chi connectivity index (χ2v) is 6.14. The minimum absolute atomic E-state index is 0.299. The fraction of sp³-hybridized carbons (Fsp3) is 0.667. The van der Waals surface area contributed by atoms with E-state index in [1.165, 1.54) is 31.2 Å². The van der Waals surface area contributed by atoms with Crippen LogP contribution in [0.25, 0.3) is 0 Å². The largest absolute Gasteiger partial charge is 0.491 e. The van der Waals surface area contributed by atoms with Gasteiger partial charge in [-0.25, -0.2) is 0 Å². The van der Waals surface area contributed by atoms with Crippen LogP contribution in [0.2, 0.25) is 0 Å². The molecule has 2 N–H and O–H groups in total. The zero-order valence-electron chi connectivity index (χ0n) is 13.3. The van der Waals surface area contributed by atoms with Crippen LogP contribution in [-0.4, -0.2) is 24.9 Å². The summed E-state index contributed by atoms with van der Waals surface area (Å²) in [6.45, 7) is 2.56. The molecule has 0 saturated heterocycles. The summed E-state index contributed by atoms with van der Waals surface area (Å²) in [7, 11) is 1.97. The van der Waals surface area contributed by atoms with Crippen LogP contribution in [0.5, 0.6) is 5.75 Å². The van der Waals surface area contributed by atoms with Gasteiger partial charge in [-0.05, 0) is 31.9 Å². The summed E-state index contributed by atoms with van der Waals surface area (Å²) in [6, 6.07) is 8.43. The lowest BCUT2D eigenvalue weighted by Gasteiger charge is -2.21. The second kappa shape index (κ2) is 8.40. The van der Waals surface area contributed by atoms with Crippen LogP contribution in [0.1, 0.15) is 57.1 Å². The lowest BCUT2D eigenvalue weighted by molar-refractivity contribution is 0.0848. The maximum Gasteiger partial charge on any atom is 0.124 e. The topological polar surface area (TPSA) is 41.5 Å². The van der Waals surface area contributed by atoms with Crippen molar-refractivity contribution >= 4 is 0 Å². The normalized spacial score (nSPS) is 18.6. The molecular weight excluding hydrogens is 262 g/mol. The fourth-order valence-electron chi connectivity index (χ4n) is 3.36. The maximum absolute atomic E-state index is 10.2. The fourth-order valence-corrected chi connectivity index (χ4v) is 3.36. The molecule has 1 aliphatic rings. The van der Waals surface area contributed by atoms with Crippen molar-refractivity contribution in [2.45, 2.75) is 57.6 Å². The highest BCUT2D eigenvalue weighted by molar-refractivity contribution is 5.35. The van der Waals surface area contributed by atoms with Crippen LogP contribution in [0.15, 0.2) is 24.3 Å². The zero-order chi connectivity index (χ0) is 15.1. The molecular formula is C18H29NO2. The first kappa shape index (κ1) is 16.3. The molecule has 3 nitrogen and oxygen atoms in total. The number of para-hydroxylation sites is 1. The van der Waals surface area contributed by atoms with Crippen LogP contribution >= 0.6 is 0 Å². The Morgan fingerprint density at radius 1 is 1.29 bits per heavy atom. The zero-order valence-corrected chi connectivity index (χ0v) is 13.3. The molecule has 0 aliphatic heterocycles. The maximum atomic E-state index is 10.2. The molecule has 2 rings (SSSR count). The van der Waals surface area contributed by atoms with E-state index in [-0.39, 0.29) is 6.10 Å². The number of nitrogens with one attached hydrogen (secondary N) is 1. The average molecular weight is 291 g/mol. The molecule has 1 aromatic rings. The number of ether oxygens (including phenoxy) is 1. The molecule has 0 aromatic heterocycles. The summed E-state index contributed by atoms with van der Waals surface area (Å²) in [6.07, 6.45) is 6.72. The molecule has 1 saturated carbocycles. The Morgan fingerprint density at radius 2 is 2.00 bits per heavy atom. The Morgan fingerprint density at radius 3 is 2.67 bits per heavy atom. The molecule has 0 bridgehead atoms. The van der Waals surface area contributed by atoms with Gasteiger partial charge in [0.2, 0.25) is 0 Å². The predicted molar refractivity (Wildman–Crippen MR) is 86.6 cm³/mol. The van der Waals surface area contributed by atoms with Crippen LogP contribution < -0.4 is 10.1 Å². The van der Waals surface area contributed by atoms with Gasteiger partial charge in [-0.15, -0.1) is 0 Å². The van der Waals surface area contributed by atoms with E-state index in [1.807, 2.05) is 25.2 Å². The summed E-state index contributed by atoms with van der Waals surface area (Å²) in [5.74, 6) is 1.59. The van der Waals surface area contributed by atoms with Crippen molar-refractivity contribution in [3.05, 3.63) is 29.8 Å². The summed E-state index contributed by atoms with van der Waals surface area (Å²) >= 11 is 0. The van der Waals surface area contributed by atoms with Crippen LogP contribution in [0.3, 0.4) is 0 Å². The third-order valence-corrected chi connectivity index (χ3v) is 4.56. The molecule has 0 radical (unpaired) electrons. The summed E-state index contributed by atoms with van der Waals surface area (Å²) in [4.78, 5) is 0. The molecule has 0 amide bonds. The van der Waals surface area contributed by atoms with Crippen molar-refractivity contribution in [1.29, 1.82) is 0 Å². The van der Waals surface area contributed by atoms with E-state index >= 15 is 0 Å². The second-order valence-electron chi connectivity index (χ2n) is 6.14. The van der Waals surface area contributed by atoms with E-state index in [1.54, 1.807) is 0 Å². The Labute approximate surface area is 128 Å². The minimum atomic E-state index is -0.351. The summed E-state index contributed by atoms with van der Waals surface area (Å²) < 4.78 is 5.90. The molecule has 1 aliphatic carbocycles. The molecule has 2 atom stereocenters. The summed E-state index contributed by atoms with van der Waals surface area (Å²) in [5, 5.41) is 13.5. The van der Waals surface area contributed by atoms with E-state index in [4.69, 9.17) is 4.74 Å². The molecule has 1 fully saturated rings. The quantitative estimate of drug-likeness (QED) is 0.768. The first-order chi connectivity index (χ1) is 10.2. The van der Waals surface area contributed by atoms with Crippen LogP contribution in [0.4, 0.5) is 0 Å². The Hall–Kier alpha value is -1.06. The Bertz CT molecular complexity index is 411. The monoisotopic (exact) mass is 291 g/mol. The molecule has 2 unspecified atom stereocenters. The highest BCUT2D eigenvalue weighted by Crippen LogP contribution is 2.30. The summed E-state index contributed by atoms with van der Waals surface area (Å²) in [5.41, 5.74) is 1.18. The van der Waals surface area contributed by atoms with Gasteiger partial charge in [0.1, 0.15) is 12.4 Å². The van der Waals surface area contributed by atoms with Crippen molar-refractivity contribution in [3.8, 4) is 5.75 Å². The molecule has 0 spiro atoms. The van der Waals surface area contributed by atoms with Gasteiger partial charge in [0.15, 0.2) is 0 Å². The van der Waals surface area contributed by atoms with Gasteiger partial charge >= 0.3 is 0 Å². The highest BCUT2D eigenvalue weighted by Gasteiger charge is 2.20. The van der Waals surface area contributed by atoms with Gasteiger partial charge < -0.3 is 15.2 Å². The van der Waals surface area contributed by atoms with Gasteiger partial charge in [0.05, 0.1) is 6.10 Å². The molecule has 3 heteroatoms. The van der Waals surface area contributed by atoms with E-state index in [0.717, 1.165) is 18.6 Å². The number of hydrogen-bond acceptors (Lipinski definition) is 3. The average Bonchev–Trinajstić information content (AvgIpc) is 3.00. The number of aliphatic hydroxyl groups is 1. The lowest BCUT2D eigenvalue weighted by Crippen LogP contribution is -2.22. The first-order valence-electron chi connectivity index (χ1n) is 8.31. The molecule has 21 heavy (non-hydrogen) atoms. The van der Waals surface area contributed by atoms with Crippen molar-refractivity contribution in [1.82, 2.24) is 5.32 Å². The number of hydrogen-bond donors (Lipinski definition) is 2. The lowest BCUT2D eigenvalue weighted by atomic mass is 10.0. The first-order valence-corrected chi connectivity index (χ1v) is 8.31. The van der Waals surface area contributed by atoms with Crippen LogP contribution in [-0.2, 0) is 0 Å². The molecule has 0 heterocycles. The molecule has 1 aromatic carbocycles. The van der Waals surface area contributed by atoms with Crippen molar-refractivity contribution in [2.24, 2.45) is 5.92 Å². The third-order valence-electron chi connectivity index (χ3n) is 4.56. The number of aliphatic hydroxyl groups excluding tert-OH is 1. The number of rotatable bonds is 8. The van der Waals surface area contributed by atoms with E-state index in [9.17, 15) is 5.11 Å². The SMILES string of the molecule is CCC(NC)c1ccccc1OCC(O)CC1CCCC1. The van der Waals surface area contributed by atoms with Crippen molar-refractivity contribution < 1.29 is 9.84 Å². The predicted octanol–water partition coefficient (Wildman–Crippen LogP) is 3.68. The highest BCUT2D eigenvalue weighted by atomic mass is 16.5. The van der Waals surface area contributed by atoms with E-state index in [0.29, 0.717) is 18.6 Å². The van der Waals surface area contributed by atoms with Gasteiger partial charge in [-0.1, -0.05) is 50.8 Å². The van der Waals surface area contributed by atoms with Crippen LogP contribution in [0, 0.1) is 5.92 Å². The van der Waals surface area contributed by atoms with Crippen molar-refractivity contribution in [3.63, 3.8) is 0 Å². The Balaban J connectivity index is 1.89. The molecule has 118 valence electrons. The van der Waals surface area contributed by atoms with Gasteiger partial charge in [-0.2, -0.15) is 0 Å². The van der Waals surface area contributed by atoms with E-state index in [2.05, 4.69) is 18.3 Å². The van der Waals surface area contributed by atoms with Gasteiger partial charge in [0, 0.05) is 11.6 Å². The standard InChI is InChI=1S/C18H29NO2/c1-3-17(19-2)16-10-6-7-11-18(16)21-13-15(20)12-14-8-4-5-9-14/h6-7,10-11,14-15,17,19-20H,3-5,8-9,12-13H2,1-2H3. The van der Waals surface area contributed by atoms with Gasteiger partial charge in [-0.3, -0.25) is 0 Å². The van der Waals surface area contributed by atoms with Crippen molar-refractivity contribution in [2.75, 3.05) is 13.7 Å². The van der Waals surface area contributed by atoms with E-state index < -0.39 is 0 Å². The number of benzene rings is 1. The smallest absolute Gasteiger partial charge is 0.124 e. The van der Waals surface area contributed by atoms with Gasteiger partial charge in [0.25, 0.3) is 0 Å².